The van der Waals surface area contributed by atoms with Gasteiger partial charge in [-0.2, -0.15) is 25.3 Å². The minimum absolute atomic E-state index is 0.394. The summed E-state index contributed by atoms with van der Waals surface area (Å²) in [4.78, 5) is 13.0. The Hall–Kier alpha value is -2.69. The molecule has 1 fully saturated rings. The summed E-state index contributed by atoms with van der Waals surface area (Å²) in [6.07, 6.45) is 7.20. The molecule has 3 rings (SSSR count). The highest BCUT2D eigenvalue weighted by atomic mass is 15.4. The quantitative estimate of drug-likeness (QED) is 0.889. The van der Waals surface area contributed by atoms with Crippen molar-refractivity contribution < 1.29 is 0 Å². The van der Waals surface area contributed by atoms with Gasteiger partial charge in [0.1, 0.15) is 5.54 Å². The van der Waals surface area contributed by atoms with E-state index in [2.05, 4.69) is 43.7 Å². The molecule has 1 saturated carbocycles. The van der Waals surface area contributed by atoms with E-state index in [0.29, 0.717) is 23.8 Å². The number of nitrogens with zero attached hydrogens (tertiary/aromatic N) is 6. The summed E-state index contributed by atoms with van der Waals surface area (Å²) in [6.45, 7) is 2.18. The fraction of sp³-hybridized carbons (Fsp3) is 0.533. The SMILES string of the molecule is CNc1nc(NC2(C#N)CCC[C@@H](C)C2)nc(-n2cccn2)n1. The molecule has 0 spiro atoms. The molecule has 120 valence electrons. The van der Waals surface area contributed by atoms with Crippen LogP contribution < -0.4 is 10.6 Å². The number of aromatic nitrogens is 5. The molecule has 0 saturated heterocycles. The first-order chi connectivity index (χ1) is 11.1. The first-order valence-electron chi connectivity index (χ1n) is 7.77. The molecule has 1 aliphatic carbocycles. The average molecular weight is 312 g/mol. The van der Waals surface area contributed by atoms with Crippen LogP contribution in [-0.4, -0.2) is 37.3 Å². The van der Waals surface area contributed by atoms with Crippen molar-refractivity contribution in [3.8, 4) is 12.0 Å². The highest BCUT2D eigenvalue weighted by Crippen LogP contribution is 2.34. The predicted molar refractivity (Wildman–Crippen MR) is 86.1 cm³/mol. The molecule has 2 heterocycles. The molecule has 0 amide bonds. The van der Waals surface area contributed by atoms with Gasteiger partial charge in [-0.1, -0.05) is 13.3 Å². The Bertz CT molecular complexity index is 705. The molecule has 2 aromatic rings. The molecular weight excluding hydrogens is 292 g/mol. The van der Waals surface area contributed by atoms with E-state index in [1.54, 1.807) is 30.2 Å². The number of hydrogen-bond acceptors (Lipinski definition) is 7. The zero-order chi connectivity index (χ0) is 16.3. The van der Waals surface area contributed by atoms with Crippen molar-refractivity contribution in [1.82, 2.24) is 24.7 Å². The van der Waals surface area contributed by atoms with Crippen LogP contribution in [0.5, 0.6) is 0 Å². The first kappa shape index (κ1) is 15.2. The summed E-state index contributed by atoms with van der Waals surface area (Å²) < 4.78 is 1.57. The lowest BCUT2D eigenvalue weighted by Gasteiger charge is -2.34. The van der Waals surface area contributed by atoms with Crippen molar-refractivity contribution in [1.29, 1.82) is 5.26 Å². The lowest BCUT2D eigenvalue weighted by atomic mass is 9.77. The van der Waals surface area contributed by atoms with Crippen LogP contribution in [0, 0.1) is 17.2 Å². The van der Waals surface area contributed by atoms with E-state index in [1.165, 1.54) is 0 Å². The van der Waals surface area contributed by atoms with Crippen molar-refractivity contribution >= 4 is 11.9 Å². The predicted octanol–water partition coefficient (Wildman–Crippen LogP) is 1.98. The third-order valence-electron chi connectivity index (χ3n) is 4.12. The van der Waals surface area contributed by atoms with E-state index in [0.717, 1.165) is 25.7 Å². The first-order valence-corrected chi connectivity index (χ1v) is 7.77. The number of nitrogens with one attached hydrogen (secondary N) is 2. The summed E-state index contributed by atoms with van der Waals surface area (Å²) in [5, 5.41) is 20.0. The molecule has 1 aliphatic rings. The number of hydrogen-bond donors (Lipinski definition) is 2. The van der Waals surface area contributed by atoms with Gasteiger partial charge in [-0.25, -0.2) is 4.68 Å². The minimum atomic E-state index is -0.620. The molecule has 2 atom stereocenters. The van der Waals surface area contributed by atoms with Crippen molar-refractivity contribution in [2.24, 2.45) is 5.92 Å². The molecule has 2 N–H and O–H groups in total. The number of nitriles is 1. The van der Waals surface area contributed by atoms with Gasteiger partial charge in [0.2, 0.25) is 11.9 Å². The van der Waals surface area contributed by atoms with Crippen LogP contribution in [0.1, 0.15) is 32.6 Å². The maximum Gasteiger partial charge on any atom is 0.257 e. The van der Waals surface area contributed by atoms with E-state index in [-0.39, 0.29) is 0 Å². The molecule has 1 unspecified atom stereocenters. The monoisotopic (exact) mass is 312 g/mol. The Labute approximate surface area is 135 Å². The molecule has 0 radical (unpaired) electrons. The van der Waals surface area contributed by atoms with Gasteiger partial charge >= 0.3 is 0 Å². The third-order valence-corrected chi connectivity index (χ3v) is 4.12. The van der Waals surface area contributed by atoms with Crippen molar-refractivity contribution in [3.63, 3.8) is 0 Å². The Balaban J connectivity index is 1.93. The van der Waals surface area contributed by atoms with Crippen molar-refractivity contribution in [2.45, 2.75) is 38.1 Å². The van der Waals surface area contributed by atoms with Crippen LogP contribution in [0.25, 0.3) is 5.95 Å². The molecule has 0 bridgehead atoms. The molecule has 2 aromatic heterocycles. The van der Waals surface area contributed by atoms with Gasteiger partial charge in [0.05, 0.1) is 6.07 Å². The van der Waals surface area contributed by atoms with Crippen LogP contribution in [0.2, 0.25) is 0 Å². The molecule has 8 nitrogen and oxygen atoms in total. The van der Waals surface area contributed by atoms with Gasteiger partial charge in [-0.05, 0) is 31.2 Å². The van der Waals surface area contributed by atoms with Gasteiger partial charge in [-0.3, -0.25) is 0 Å². The summed E-state index contributed by atoms with van der Waals surface area (Å²) in [6, 6.07) is 4.23. The summed E-state index contributed by atoms with van der Waals surface area (Å²) in [7, 11) is 1.74. The maximum atomic E-state index is 9.68. The number of rotatable bonds is 4. The van der Waals surface area contributed by atoms with E-state index < -0.39 is 5.54 Å². The van der Waals surface area contributed by atoms with Crippen molar-refractivity contribution in [2.75, 3.05) is 17.7 Å². The van der Waals surface area contributed by atoms with E-state index in [9.17, 15) is 5.26 Å². The highest BCUT2D eigenvalue weighted by Gasteiger charge is 2.36. The van der Waals surface area contributed by atoms with Crippen LogP contribution in [0.15, 0.2) is 18.5 Å². The van der Waals surface area contributed by atoms with E-state index >= 15 is 0 Å². The molecule has 8 heteroatoms. The topological polar surface area (TPSA) is 104 Å². The second-order valence-electron chi connectivity index (χ2n) is 6.00. The number of anilines is 2. The molecular formula is C15H20N8. The van der Waals surface area contributed by atoms with Crippen LogP contribution in [0.4, 0.5) is 11.9 Å². The average Bonchev–Trinajstić information content (AvgIpc) is 3.09. The summed E-state index contributed by atoms with van der Waals surface area (Å²) in [5.74, 6) is 1.75. The van der Waals surface area contributed by atoms with E-state index in [1.807, 2.05) is 0 Å². The molecule has 23 heavy (non-hydrogen) atoms. The largest absolute Gasteiger partial charge is 0.357 e. The fourth-order valence-corrected chi connectivity index (χ4v) is 3.03. The second-order valence-corrected chi connectivity index (χ2v) is 6.00. The lowest BCUT2D eigenvalue weighted by Crippen LogP contribution is -2.41. The Kier molecular flexibility index (Phi) is 4.10. The maximum absolute atomic E-state index is 9.68. The van der Waals surface area contributed by atoms with Gasteiger partial charge in [0.25, 0.3) is 5.95 Å². The minimum Gasteiger partial charge on any atom is -0.357 e. The lowest BCUT2D eigenvalue weighted by molar-refractivity contribution is 0.307. The van der Waals surface area contributed by atoms with Gasteiger partial charge < -0.3 is 10.6 Å². The third kappa shape index (κ3) is 3.23. The molecule has 0 aliphatic heterocycles. The van der Waals surface area contributed by atoms with Gasteiger partial charge in [0.15, 0.2) is 0 Å². The van der Waals surface area contributed by atoms with Crippen LogP contribution in [-0.2, 0) is 0 Å². The Morgan fingerprint density at radius 3 is 2.83 bits per heavy atom. The second kappa shape index (κ2) is 6.20. The normalized spacial score (nSPS) is 24.0. The van der Waals surface area contributed by atoms with Crippen LogP contribution in [0.3, 0.4) is 0 Å². The summed E-state index contributed by atoms with van der Waals surface area (Å²) >= 11 is 0. The van der Waals surface area contributed by atoms with Crippen LogP contribution >= 0.6 is 0 Å². The fourth-order valence-electron chi connectivity index (χ4n) is 3.03. The van der Waals surface area contributed by atoms with E-state index in [4.69, 9.17) is 0 Å². The standard InChI is InChI=1S/C15H20N8/c1-11-5-3-6-15(9-11,10-16)22-13-19-12(17-2)20-14(21-13)23-8-4-7-18-23/h4,7-8,11H,3,5-6,9H2,1-2H3,(H2,17,19,20,21,22)/t11-,15?/m1/s1. The Morgan fingerprint density at radius 2 is 2.17 bits per heavy atom. The highest BCUT2D eigenvalue weighted by molar-refractivity contribution is 5.41. The van der Waals surface area contributed by atoms with Gasteiger partial charge in [0, 0.05) is 19.4 Å². The smallest absolute Gasteiger partial charge is 0.257 e. The molecule has 0 aromatic carbocycles. The zero-order valence-electron chi connectivity index (χ0n) is 13.3. The van der Waals surface area contributed by atoms with Gasteiger partial charge in [-0.15, -0.1) is 0 Å². The zero-order valence-corrected chi connectivity index (χ0v) is 13.3. The van der Waals surface area contributed by atoms with Crippen molar-refractivity contribution in [3.05, 3.63) is 18.5 Å². The Morgan fingerprint density at radius 1 is 1.35 bits per heavy atom. The summed E-state index contributed by atoms with van der Waals surface area (Å²) in [5.41, 5.74) is -0.620.